The highest BCUT2D eigenvalue weighted by Crippen LogP contribution is 2.54. The smallest absolute Gasteiger partial charge is 0.308 e. The van der Waals surface area contributed by atoms with Crippen LogP contribution >= 0.6 is 0 Å². The molecular weight excluding hydrogens is 528 g/mol. The summed E-state index contributed by atoms with van der Waals surface area (Å²) < 4.78 is 11.8. The minimum absolute atomic E-state index is 0.00818. The molecule has 3 unspecified atom stereocenters. The molecule has 0 bridgehead atoms. The fourth-order valence-corrected chi connectivity index (χ4v) is 7.16. The van der Waals surface area contributed by atoms with Crippen LogP contribution in [0.15, 0.2) is 67.3 Å². The van der Waals surface area contributed by atoms with Crippen LogP contribution in [0, 0.1) is 0 Å². The van der Waals surface area contributed by atoms with Crippen LogP contribution < -0.4 is 4.74 Å². The lowest BCUT2D eigenvalue weighted by molar-refractivity contribution is -0.189. The molecular formula is C35H46N2O5. The molecule has 2 aromatic carbocycles. The number of hydrogen-bond acceptors (Lipinski definition) is 6. The van der Waals surface area contributed by atoms with E-state index in [0.717, 1.165) is 50.6 Å². The zero-order valence-corrected chi connectivity index (χ0v) is 25.5. The molecule has 1 saturated carbocycles. The van der Waals surface area contributed by atoms with Gasteiger partial charge < -0.3 is 14.4 Å². The van der Waals surface area contributed by atoms with Crippen molar-refractivity contribution < 1.29 is 23.9 Å². The lowest BCUT2D eigenvalue weighted by atomic mass is 9.55. The number of carbonyl (C=O) groups excluding carboxylic acids is 3. The Bertz CT molecular complexity index is 1250. The second kappa shape index (κ2) is 14.1. The maximum Gasteiger partial charge on any atom is 0.308 e. The number of esters is 2. The molecule has 42 heavy (non-hydrogen) atoms. The lowest BCUT2D eigenvalue weighted by Gasteiger charge is -2.60. The van der Waals surface area contributed by atoms with E-state index in [1.54, 1.807) is 6.07 Å². The number of likely N-dealkylation sites (tertiary alicyclic amines) is 1. The number of unbranched alkanes of at least 4 members (excludes halogenated alkanes) is 2. The molecule has 3 atom stereocenters. The number of aryl methyl sites for hydroxylation is 1. The Labute approximate surface area is 250 Å². The normalized spacial score (nSPS) is 23.8. The van der Waals surface area contributed by atoms with E-state index in [2.05, 4.69) is 35.7 Å². The molecule has 1 saturated heterocycles. The highest BCUT2D eigenvalue weighted by Gasteiger charge is 2.61. The largest absolute Gasteiger partial charge is 0.457 e. The summed E-state index contributed by atoms with van der Waals surface area (Å²) in [5, 5.41) is 0. The number of benzene rings is 2. The summed E-state index contributed by atoms with van der Waals surface area (Å²) in [6.45, 7) is 8.88. The molecule has 0 spiro atoms. The Morgan fingerprint density at radius 2 is 1.81 bits per heavy atom. The zero-order chi connectivity index (χ0) is 30.2. The average Bonchev–Trinajstić information content (AvgIpc) is 2.96. The molecule has 7 nitrogen and oxygen atoms in total. The van der Waals surface area contributed by atoms with E-state index < -0.39 is 11.0 Å². The third kappa shape index (κ3) is 7.30. The highest BCUT2D eigenvalue weighted by atomic mass is 16.6. The molecule has 1 heterocycles. The van der Waals surface area contributed by atoms with Crippen molar-refractivity contribution in [1.82, 2.24) is 9.80 Å². The second-order valence-corrected chi connectivity index (χ2v) is 12.0. The quantitative estimate of drug-likeness (QED) is 0.137. The topological polar surface area (TPSA) is 76.2 Å². The number of nitrogens with zero attached hydrogens (tertiary/aromatic N) is 2. The average molecular weight is 575 g/mol. The second-order valence-electron chi connectivity index (χ2n) is 12.0. The van der Waals surface area contributed by atoms with Crippen LogP contribution in [0.2, 0.25) is 0 Å². The van der Waals surface area contributed by atoms with Gasteiger partial charge in [-0.05, 0) is 74.8 Å². The number of ether oxygens (including phenoxy) is 2. The monoisotopic (exact) mass is 574 g/mol. The van der Waals surface area contributed by atoms with Crippen LogP contribution in [0.5, 0.6) is 5.75 Å². The number of amides is 1. The Hall–Kier alpha value is -3.45. The standard InChI is InChI=1S/C35H46N2O5/c1-5-22-37-23-21-34(30-16-12-17-32(24-30)41-27(2)38)25-31(19-20-35(34,26-37)42-28(3)39)36(4)33(40)18-11-7-10-15-29-13-8-6-9-14-29/h5-6,8-9,12-14,16-17,24,31H,1,7,10-11,15,18-23,25-26H2,2-4H3. The molecule has 1 amide bonds. The number of fused-ring (bicyclic) bond motifs is 1. The van der Waals surface area contributed by atoms with E-state index in [0.29, 0.717) is 38.1 Å². The molecule has 1 aliphatic heterocycles. The maximum atomic E-state index is 13.4. The molecule has 4 rings (SSSR count). The van der Waals surface area contributed by atoms with Crippen molar-refractivity contribution >= 4 is 17.8 Å². The molecule has 1 aliphatic carbocycles. The summed E-state index contributed by atoms with van der Waals surface area (Å²) in [6, 6.07) is 18.1. The van der Waals surface area contributed by atoms with Crippen molar-refractivity contribution in [3.8, 4) is 5.75 Å². The number of piperidine rings is 1. The van der Waals surface area contributed by atoms with E-state index in [1.165, 1.54) is 19.4 Å². The summed E-state index contributed by atoms with van der Waals surface area (Å²) in [6.07, 6.45) is 9.19. The molecule has 0 radical (unpaired) electrons. The van der Waals surface area contributed by atoms with Gasteiger partial charge in [-0.15, -0.1) is 6.58 Å². The fourth-order valence-electron chi connectivity index (χ4n) is 7.16. The Morgan fingerprint density at radius 3 is 2.52 bits per heavy atom. The lowest BCUT2D eigenvalue weighted by Crippen LogP contribution is -2.68. The Balaban J connectivity index is 1.54. The van der Waals surface area contributed by atoms with E-state index >= 15 is 0 Å². The van der Waals surface area contributed by atoms with Gasteiger partial charge in [-0.3, -0.25) is 19.3 Å². The van der Waals surface area contributed by atoms with Gasteiger partial charge in [-0.1, -0.05) is 55.0 Å². The van der Waals surface area contributed by atoms with Crippen LogP contribution in [0.25, 0.3) is 0 Å². The highest BCUT2D eigenvalue weighted by molar-refractivity contribution is 5.76. The van der Waals surface area contributed by atoms with Crippen LogP contribution in [-0.2, 0) is 31.0 Å². The van der Waals surface area contributed by atoms with E-state index in [1.807, 2.05) is 42.3 Å². The van der Waals surface area contributed by atoms with Gasteiger partial charge in [0.25, 0.3) is 0 Å². The predicted molar refractivity (Wildman–Crippen MR) is 164 cm³/mol. The van der Waals surface area contributed by atoms with Crippen LogP contribution in [0.1, 0.15) is 76.3 Å². The van der Waals surface area contributed by atoms with Crippen molar-refractivity contribution in [3.05, 3.63) is 78.4 Å². The zero-order valence-electron chi connectivity index (χ0n) is 25.5. The van der Waals surface area contributed by atoms with Gasteiger partial charge in [-0.2, -0.15) is 0 Å². The molecule has 7 heteroatoms. The summed E-state index contributed by atoms with van der Waals surface area (Å²) in [5.41, 5.74) is 1.00. The summed E-state index contributed by atoms with van der Waals surface area (Å²) in [5.74, 6) is -0.0593. The van der Waals surface area contributed by atoms with Gasteiger partial charge in [0, 0.05) is 51.9 Å². The van der Waals surface area contributed by atoms with Gasteiger partial charge in [0.15, 0.2) is 0 Å². The number of rotatable bonds is 12. The minimum atomic E-state index is -0.771. The van der Waals surface area contributed by atoms with Gasteiger partial charge in [0.05, 0.1) is 0 Å². The van der Waals surface area contributed by atoms with Gasteiger partial charge >= 0.3 is 11.9 Å². The molecule has 0 aromatic heterocycles. The van der Waals surface area contributed by atoms with E-state index in [4.69, 9.17) is 9.47 Å². The maximum absolute atomic E-state index is 13.4. The van der Waals surface area contributed by atoms with E-state index in [9.17, 15) is 14.4 Å². The van der Waals surface area contributed by atoms with Crippen molar-refractivity contribution in [1.29, 1.82) is 0 Å². The van der Waals surface area contributed by atoms with Crippen molar-refractivity contribution in [2.75, 3.05) is 26.7 Å². The van der Waals surface area contributed by atoms with Crippen molar-refractivity contribution in [2.45, 2.75) is 88.7 Å². The summed E-state index contributed by atoms with van der Waals surface area (Å²) in [4.78, 5) is 42.0. The first-order chi connectivity index (χ1) is 20.2. The van der Waals surface area contributed by atoms with Crippen molar-refractivity contribution in [2.24, 2.45) is 0 Å². The molecule has 2 aliphatic rings. The van der Waals surface area contributed by atoms with Gasteiger partial charge in [0.1, 0.15) is 11.4 Å². The first-order valence-electron chi connectivity index (χ1n) is 15.3. The van der Waals surface area contributed by atoms with Crippen LogP contribution in [0.4, 0.5) is 0 Å². The Morgan fingerprint density at radius 1 is 1.02 bits per heavy atom. The van der Waals surface area contributed by atoms with Crippen molar-refractivity contribution in [3.63, 3.8) is 0 Å². The molecule has 2 aromatic rings. The Kier molecular flexibility index (Phi) is 10.6. The van der Waals surface area contributed by atoms with Crippen LogP contribution in [-0.4, -0.2) is 66.0 Å². The molecule has 226 valence electrons. The number of carbonyl (C=O) groups is 3. The predicted octanol–water partition coefficient (Wildman–Crippen LogP) is 5.86. The molecule has 2 fully saturated rings. The first kappa shape index (κ1) is 31.5. The fraction of sp³-hybridized carbons (Fsp3) is 0.514. The number of hydrogen-bond donors (Lipinski definition) is 0. The van der Waals surface area contributed by atoms with Gasteiger partial charge in [0.2, 0.25) is 5.91 Å². The SMILES string of the molecule is C=CCN1CCC2(c3cccc(OC(C)=O)c3)CC(N(C)C(=O)CCCCCc3ccccc3)CCC2(OC(C)=O)C1. The minimum Gasteiger partial charge on any atom is -0.457 e. The summed E-state index contributed by atoms with van der Waals surface area (Å²) in [7, 11) is 1.92. The van der Waals surface area contributed by atoms with Gasteiger partial charge in [-0.25, -0.2) is 0 Å². The third-order valence-electron chi connectivity index (χ3n) is 9.19. The summed E-state index contributed by atoms with van der Waals surface area (Å²) >= 11 is 0. The van der Waals surface area contributed by atoms with Crippen LogP contribution in [0.3, 0.4) is 0 Å². The third-order valence-corrected chi connectivity index (χ3v) is 9.19. The molecule has 0 N–H and O–H groups in total. The van der Waals surface area contributed by atoms with E-state index in [-0.39, 0.29) is 23.9 Å². The first-order valence-corrected chi connectivity index (χ1v) is 15.3.